The Morgan fingerprint density at radius 2 is 1.54 bits per heavy atom. The Balaban J connectivity index is 1.63. The molecule has 0 aliphatic rings. The van der Waals surface area contributed by atoms with E-state index in [1.807, 2.05) is 12.1 Å². The van der Waals surface area contributed by atoms with Crippen LogP contribution in [0.15, 0.2) is 53.1 Å². The molecule has 1 heterocycles. The minimum absolute atomic E-state index is 0.154. The van der Waals surface area contributed by atoms with Crippen LogP contribution in [0.4, 0.5) is 0 Å². The van der Waals surface area contributed by atoms with Crippen LogP contribution >= 0.6 is 0 Å². The summed E-state index contributed by atoms with van der Waals surface area (Å²) in [5, 5.41) is 7.38. The lowest BCUT2D eigenvalue weighted by atomic mass is 10.0. The van der Waals surface area contributed by atoms with Crippen LogP contribution in [0.25, 0.3) is 22.5 Å². The van der Waals surface area contributed by atoms with Gasteiger partial charge < -0.3 is 14.6 Å². The van der Waals surface area contributed by atoms with Gasteiger partial charge in [0.05, 0.1) is 5.60 Å². The Kier molecular flexibility index (Phi) is 5.49. The number of hydrogen-bond acceptors (Lipinski definition) is 5. The highest BCUT2D eigenvalue weighted by Gasteiger charge is 2.15. The molecular weight excluding hydrogens is 326 g/mol. The lowest BCUT2D eigenvalue weighted by molar-refractivity contribution is 0.0230. The molecule has 136 valence electrons. The van der Waals surface area contributed by atoms with Gasteiger partial charge in [0.1, 0.15) is 0 Å². The van der Waals surface area contributed by atoms with Crippen LogP contribution in [0.3, 0.4) is 0 Å². The summed E-state index contributed by atoms with van der Waals surface area (Å²) in [5.41, 5.74) is 4.39. The normalized spacial score (nSPS) is 11.7. The van der Waals surface area contributed by atoms with Gasteiger partial charge in [0, 0.05) is 32.7 Å². The summed E-state index contributed by atoms with van der Waals surface area (Å²) in [5.74, 6) is 1.19. The average Bonchev–Trinajstić information content (AvgIpc) is 3.09. The zero-order valence-electron chi connectivity index (χ0n) is 15.7. The van der Waals surface area contributed by atoms with E-state index in [9.17, 15) is 0 Å². The fourth-order valence-electron chi connectivity index (χ4n) is 2.62. The number of aromatic nitrogens is 2. The molecule has 0 saturated heterocycles. The lowest BCUT2D eigenvalue weighted by Crippen LogP contribution is -2.36. The standard InChI is InChI=1S/C21H25N3O2/c1-15-23-20(24-26-15)19-11-9-18(10-12-19)17-7-5-16(6-8-17)13-22-14-21(2,3)25-4/h5-12,22H,13-14H2,1-4H3. The second-order valence-corrected chi connectivity index (χ2v) is 6.98. The fourth-order valence-corrected chi connectivity index (χ4v) is 2.62. The van der Waals surface area contributed by atoms with Gasteiger partial charge in [-0.1, -0.05) is 53.7 Å². The Bertz CT molecular complexity index is 836. The molecule has 26 heavy (non-hydrogen) atoms. The van der Waals surface area contributed by atoms with Crippen molar-refractivity contribution in [2.75, 3.05) is 13.7 Å². The van der Waals surface area contributed by atoms with E-state index in [1.165, 1.54) is 11.1 Å². The maximum absolute atomic E-state index is 5.42. The molecule has 0 unspecified atom stereocenters. The first-order valence-electron chi connectivity index (χ1n) is 8.73. The number of rotatable bonds is 7. The van der Waals surface area contributed by atoms with Gasteiger partial charge in [0.25, 0.3) is 0 Å². The van der Waals surface area contributed by atoms with E-state index in [2.05, 4.69) is 65.7 Å². The number of ether oxygens (including phenoxy) is 1. The van der Waals surface area contributed by atoms with Crippen molar-refractivity contribution in [3.63, 3.8) is 0 Å². The van der Waals surface area contributed by atoms with Gasteiger partial charge in [0.15, 0.2) is 0 Å². The van der Waals surface area contributed by atoms with Crippen molar-refractivity contribution in [2.24, 2.45) is 0 Å². The Labute approximate surface area is 154 Å². The number of aryl methyl sites for hydroxylation is 1. The highest BCUT2D eigenvalue weighted by atomic mass is 16.5. The van der Waals surface area contributed by atoms with E-state index in [1.54, 1.807) is 14.0 Å². The predicted octanol–water partition coefficient (Wildman–Crippen LogP) is 4.23. The molecular formula is C21H25N3O2. The van der Waals surface area contributed by atoms with Gasteiger partial charge in [0.2, 0.25) is 11.7 Å². The third kappa shape index (κ3) is 4.56. The van der Waals surface area contributed by atoms with E-state index in [0.717, 1.165) is 24.2 Å². The van der Waals surface area contributed by atoms with Gasteiger partial charge in [-0.3, -0.25) is 0 Å². The second kappa shape index (κ2) is 7.81. The number of hydrogen-bond donors (Lipinski definition) is 1. The first-order valence-corrected chi connectivity index (χ1v) is 8.73. The second-order valence-electron chi connectivity index (χ2n) is 6.98. The van der Waals surface area contributed by atoms with Crippen molar-refractivity contribution in [1.82, 2.24) is 15.5 Å². The van der Waals surface area contributed by atoms with Crippen LogP contribution in [0, 0.1) is 6.92 Å². The molecule has 1 aromatic heterocycles. The van der Waals surface area contributed by atoms with E-state index in [0.29, 0.717) is 11.7 Å². The van der Waals surface area contributed by atoms with Crippen LogP contribution in [-0.4, -0.2) is 29.4 Å². The van der Waals surface area contributed by atoms with Crippen LogP contribution in [0.2, 0.25) is 0 Å². The third-order valence-electron chi connectivity index (χ3n) is 4.39. The third-order valence-corrected chi connectivity index (χ3v) is 4.39. The topological polar surface area (TPSA) is 60.2 Å². The Morgan fingerprint density at radius 3 is 2.08 bits per heavy atom. The number of nitrogens with zero attached hydrogens (tertiary/aromatic N) is 2. The lowest BCUT2D eigenvalue weighted by Gasteiger charge is -2.23. The SMILES string of the molecule is COC(C)(C)CNCc1ccc(-c2ccc(-c3noc(C)n3)cc2)cc1. The largest absolute Gasteiger partial charge is 0.377 e. The van der Waals surface area contributed by atoms with Gasteiger partial charge in [-0.25, -0.2) is 0 Å². The Morgan fingerprint density at radius 1 is 0.962 bits per heavy atom. The Hall–Kier alpha value is -2.50. The summed E-state index contributed by atoms with van der Waals surface area (Å²) in [6, 6.07) is 16.8. The van der Waals surface area contributed by atoms with Crippen molar-refractivity contribution in [3.05, 3.63) is 60.0 Å². The molecule has 0 saturated carbocycles. The molecule has 0 atom stereocenters. The van der Waals surface area contributed by atoms with E-state index < -0.39 is 0 Å². The van der Waals surface area contributed by atoms with Crippen LogP contribution in [0.5, 0.6) is 0 Å². The molecule has 0 bridgehead atoms. The maximum Gasteiger partial charge on any atom is 0.223 e. The highest BCUT2D eigenvalue weighted by molar-refractivity contribution is 5.67. The first kappa shape index (κ1) is 18.3. The zero-order valence-corrected chi connectivity index (χ0v) is 15.7. The molecule has 1 N–H and O–H groups in total. The molecule has 0 spiro atoms. The molecule has 3 rings (SSSR count). The molecule has 0 aliphatic heterocycles. The molecule has 3 aromatic rings. The average molecular weight is 351 g/mol. The molecule has 0 fully saturated rings. The van der Waals surface area contributed by atoms with Crippen molar-refractivity contribution in [2.45, 2.75) is 32.9 Å². The van der Waals surface area contributed by atoms with Crippen molar-refractivity contribution >= 4 is 0 Å². The number of benzene rings is 2. The van der Waals surface area contributed by atoms with Crippen molar-refractivity contribution in [3.8, 4) is 22.5 Å². The van der Waals surface area contributed by atoms with E-state index >= 15 is 0 Å². The molecule has 5 heteroatoms. The van der Waals surface area contributed by atoms with E-state index in [4.69, 9.17) is 9.26 Å². The molecule has 0 aliphatic carbocycles. The molecule has 0 amide bonds. The molecule has 0 radical (unpaired) electrons. The zero-order chi connectivity index (χ0) is 18.6. The van der Waals surface area contributed by atoms with Gasteiger partial charge in [-0.15, -0.1) is 0 Å². The van der Waals surface area contributed by atoms with Gasteiger partial charge in [-0.2, -0.15) is 4.98 Å². The maximum atomic E-state index is 5.42. The summed E-state index contributed by atoms with van der Waals surface area (Å²) in [4.78, 5) is 4.25. The highest BCUT2D eigenvalue weighted by Crippen LogP contribution is 2.23. The molecule has 5 nitrogen and oxygen atoms in total. The van der Waals surface area contributed by atoms with Crippen molar-refractivity contribution < 1.29 is 9.26 Å². The number of nitrogens with one attached hydrogen (secondary N) is 1. The summed E-state index contributed by atoms with van der Waals surface area (Å²) in [7, 11) is 1.74. The summed E-state index contributed by atoms with van der Waals surface area (Å²) < 4.78 is 10.5. The smallest absolute Gasteiger partial charge is 0.223 e. The monoisotopic (exact) mass is 351 g/mol. The minimum atomic E-state index is -0.154. The van der Waals surface area contributed by atoms with Gasteiger partial charge >= 0.3 is 0 Å². The van der Waals surface area contributed by atoms with Crippen LogP contribution in [-0.2, 0) is 11.3 Å². The minimum Gasteiger partial charge on any atom is -0.377 e. The summed E-state index contributed by atoms with van der Waals surface area (Å²) >= 11 is 0. The number of methoxy groups -OCH3 is 1. The van der Waals surface area contributed by atoms with Gasteiger partial charge in [-0.05, 0) is 30.5 Å². The van der Waals surface area contributed by atoms with E-state index in [-0.39, 0.29) is 5.60 Å². The van der Waals surface area contributed by atoms with Crippen molar-refractivity contribution in [1.29, 1.82) is 0 Å². The van der Waals surface area contributed by atoms with Crippen LogP contribution in [0.1, 0.15) is 25.3 Å². The quantitative estimate of drug-likeness (QED) is 0.690. The fraction of sp³-hybridized carbons (Fsp3) is 0.333. The summed E-state index contributed by atoms with van der Waals surface area (Å²) in [6.07, 6.45) is 0. The predicted molar refractivity (Wildman–Crippen MR) is 103 cm³/mol. The summed E-state index contributed by atoms with van der Waals surface area (Å²) in [6.45, 7) is 7.56. The molecule has 2 aromatic carbocycles. The van der Waals surface area contributed by atoms with Crippen LogP contribution < -0.4 is 5.32 Å². The first-order chi connectivity index (χ1) is 12.5.